The molecule has 7 nitrogen and oxygen atoms in total. The van der Waals surface area contributed by atoms with Crippen molar-refractivity contribution in [2.24, 2.45) is 0 Å². The van der Waals surface area contributed by atoms with Crippen LogP contribution in [0.15, 0.2) is 21.3 Å². The molecule has 1 N–H and O–H groups in total. The molecule has 0 radical (unpaired) electrons. The topological polar surface area (TPSA) is 77.2 Å². The number of piperazine rings is 1. The summed E-state index contributed by atoms with van der Waals surface area (Å²) >= 11 is 0. The molecule has 0 unspecified atom stereocenters. The van der Waals surface area contributed by atoms with Crippen LogP contribution in [-0.2, 0) is 13.0 Å². The summed E-state index contributed by atoms with van der Waals surface area (Å²) in [4.78, 5) is 29.9. The minimum Gasteiger partial charge on any atom is -0.465 e. The molecule has 2 aliphatic rings. The monoisotopic (exact) mass is 385 g/mol. The molecule has 2 aliphatic heterocycles. The lowest BCUT2D eigenvalue weighted by Crippen LogP contribution is -2.55. The normalized spacial score (nSPS) is 23.1. The summed E-state index contributed by atoms with van der Waals surface area (Å²) in [5.41, 5.74) is 3.68. The third-order valence-corrected chi connectivity index (χ3v) is 6.46. The molecule has 1 amide bonds. The number of hydrogen-bond acceptors (Lipinski definition) is 5. The smallest absolute Gasteiger partial charge is 0.407 e. The first kappa shape index (κ1) is 18.8. The number of likely N-dealkylation sites (N-methyl/N-ethyl adjacent to an activating group) is 1. The highest BCUT2D eigenvalue weighted by molar-refractivity contribution is 5.88. The van der Waals surface area contributed by atoms with Crippen LogP contribution in [0.1, 0.15) is 30.5 Å². The molecular formula is C21H27N3O4. The van der Waals surface area contributed by atoms with Gasteiger partial charge in [-0.2, -0.15) is 0 Å². The molecule has 7 heteroatoms. The van der Waals surface area contributed by atoms with Gasteiger partial charge in [-0.25, -0.2) is 9.59 Å². The predicted molar refractivity (Wildman–Crippen MR) is 108 cm³/mol. The van der Waals surface area contributed by atoms with Gasteiger partial charge in [0.2, 0.25) is 0 Å². The Kier molecular flexibility index (Phi) is 4.57. The van der Waals surface area contributed by atoms with Crippen LogP contribution in [0.25, 0.3) is 11.0 Å². The maximum Gasteiger partial charge on any atom is 0.407 e. The predicted octanol–water partition coefficient (Wildman–Crippen LogP) is 2.67. The number of hydrogen-bond donors (Lipinski definition) is 1. The number of fused-ring (bicyclic) bond motifs is 3. The zero-order valence-corrected chi connectivity index (χ0v) is 16.9. The van der Waals surface area contributed by atoms with Crippen molar-refractivity contribution in [2.45, 2.75) is 45.8 Å². The molecule has 2 atom stereocenters. The minimum atomic E-state index is -1.00. The van der Waals surface area contributed by atoms with Crippen LogP contribution in [-0.4, -0.2) is 59.8 Å². The molecular weight excluding hydrogens is 358 g/mol. The first-order chi connectivity index (χ1) is 13.3. The zero-order chi connectivity index (χ0) is 20.2. The summed E-state index contributed by atoms with van der Waals surface area (Å²) in [5, 5.41) is 10.2. The first-order valence-electron chi connectivity index (χ1n) is 9.80. The van der Waals surface area contributed by atoms with Crippen molar-refractivity contribution in [2.75, 3.05) is 31.6 Å². The van der Waals surface area contributed by atoms with Crippen molar-refractivity contribution in [1.29, 1.82) is 0 Å². The van der Waals surface area contributed by atoms with E-state index in [1.54, 1.807) is 0 Å². The average Bonchev–Trinajstić information content (AvgIpc) is 2.66. The summed E-state index contributed by atoms with van der Waals surface area (Å²) < 4.78 is 5.71. The third-order valence-electron chi connectivity index (χ3n) is 6.46. The Balaban J connectivity index is 1.78. The van der Waals surface area contributed by atoms with Crippen LogP contribution in [0.3, 0.4) is 0 Å². The van der Waals surface area contributed by atoms with E-state index >= 15 is 0 Å². The molecule has 0 bridgehead atoms. The second-order valence-electron chi connectivity index (χ2n) is 8.16. The Morgan fingerprint density at radius 1 is 1.18 bits per heavy atom. The quantitative estimate of drug-likeness (QED) is 0.761. The van der Waals surface area contributed by atoms with Gasteiger partial charge in [0.05, 0.1) is 12.1 Å². The number of benzene rings is 1. The number of anilines is 1. The molecule has 1 saturated heterocycles. The van der Waals surface area contributed by atoms with Crippen LogP contribution >= 0.6 is 0 Å². The van der Waals surface area contributed by atoms with E-state index in [0.717, 1.165) is 35.3 Å². The Hall–Kier alpha value is -2.54. The van der Waals surface area contributed by atoms with Crippen LogP contribution in [0.5, 0.6) is 0 Å². The van der Waals surface area contributed by atoms with Crippen molar-refractivity contribution in [3.63, 3.8) is 0 Å². The number of aryl methyl sites for hydroxylation is 1. The van der Waals surface area contributed by atoms with Gasteiger partial charge in [0.15, 0.2) is 0 Å². The zero-order valence-electron chi connectivity index (χ0n) is 16.9. The van der Waals surface area contributed by atoms with Crippen LogP contribution in [0.4, 0.5) is 10.5 Å². The van der Waals surface area contributed by atoms with Crippen molar-refractivity contribution in [3.8, 4) is 0 Å². The van der Waals surface area contributed by atoms with Crippen molar-refractivity contribution >= 4 is 22.7 Å². The first-order valence-corrected chi connectivity index (χ1v) is 9.80. The van der Waals surface area contributed by atoms with Gasteiger partial charge in [0.25, 0.3) is 0 Å². The van der Waals surface area contributed by atoms with Gasteiger partial charge < -0.3 is 19.3 Å². The third kappa shape index (κ3) is 2.94. The molecule has 1 fully saturated rings. The van der Waals surface area contributed by atoms with E-state index in [-0.39, 0.29) is 6.54 Å². The largest absolute Gasteiger partial charge is 0.465 e. The van der Waals surface area contributed by atoms with Crippen molar-refractivity contribution < 1.29 is 14.3 Å². The maximum atomic E-state index is 12.6. The van der Waals surface area contributed by atoms with E-state index in [9.17, 15) is 14.7 Å². The van der Waals surface area contributed by atoms with Gasteiger partial charge in [0, 0.05) is 48.4 Å². The molecule has 28 heavy (non-hydrogen) atoms. The highest BCUT2D eigenvalue weighted by Crippen LogP contribution is 2.33. The van der Waals surface area contributed by atoms with Gasteiger partial charge in [0.1, 0.15) is 5.58 Å². The standard InChI is InChI=1S/C21H27N3O4/c1-12-9-24(10-13(2)22(12)4)18-6-5-16-15-7-8-23(21(26)27)11-17(15)20(25)28-19(16)14(18)3/h5-6,12-13H,7-11H2,1-4H3,(H,26,27)/t12-,13+. The fraction of sp³-hybridized carbons (Fsp3) is 0.524. The van der Waals surface area contributed by atoms with Gasteiger partial charge >= 0.3 is 11.7 Å². The van der Waals surface area contributed by atoms with E-state index in [0.29, 0.717) is 36.2 Å². The number of nitrogens with zero attached hydrogens (tertiary/aromatic N) is 3. The Labute approximate surface area is 164 Å². The van der Waals surface area contributed by atoms with E-state index in [1.807, 2.05) is 13.0 Å². The van der Waals surface area contributed by atoms with Gasteiger partial charge in [-0.05, 0) is 51.9 Å². The fourth-order valence-corrected chi connectivity index (χ4v) is 4.56. The molecule has 2 aromatic rings. The highest BCUT2D eigenvalue weighted by Gasteiger charge is 2.29. The minimum absolute atomic E-state index is 0.0945. The van der Waals surface area contributed by atoms with E-state index in [2.05, 4.69) is 36.8 Å². The Bertz CT molecular complexity index is 987. The second kappa shape index (κ2) is 6.81. The van der Waals surface area contributed by atoms with Gasteiger partial charge in [-0.1, -0.05) is 0 Å². The Morgan fingerprint density at radius 2 is 1.86 bits per heavy atom. The molecule has 1 aromatic heterocycles. The summed E-state index contributed by atoms with van der Waals surface area (Å²) in [7, 11) is 2.16. The number of amides is 1. The van der Waals surface area contributed by atoms with Gasteiger partial charge in [-0.3, -0.25) is 4.90 Å². The van der Waals surface area contributed by atoms with E-state index in [1.165, 1.54) is 4.90 Å². The number of carbonyl (C=O) groups is 1. The van der Waals surface area contributed by atoms with E-state index in [4.69, 9.17) is 4.42 Å². The summed E-state index contributed by atoms with van der Waals surface area (Å²) in [5.74, 6) is 0. The van der Waals surface area contributed by atoms with Crippen molar-refractivity contribution in [1.82, 2.24) is 9.80 Å². The van der Waals surface area contributed by atoms with Crippen molar-refractivity contribution in [3.05, 3.63) is 39.2 Å². The summed E-state index contributed by atoms with van der Waals surface area (Å²) in [6, 6.07) is 5.03. The molecule has 3 heterocycles. The molecule has 150 valence electrons. The molecule has 0 spiro atoms. The van der Waals surface area contributed by atoms with E-state index < -0.39 is 11.7 Å². The molecule has 4 rings (SSSR count). The average molecular weight is 385 g/mol. The van der Waals surface area contributed by atoms with Crippen LogP contribution in [0, 0.1) is 6.92 Å². The fourth-order valence-electron chi connectivity index (χ4n) is 4.56. The van der Waals surface area contributed by atoms with Gasteiger partial charge in [-0.15, -0.1) is 0 Å². The summed E-state index contributed by atoms with van der Waals surface area (Å²) in [6.45, 7) is 8.80. The Morgan fingerprint density at radius 3 is 2.50 bits per heavy atom. The molecule has 0 saturated carbocycles. The molecule has 1 aromatic carbocycles. The lowest BCUT2D eigenvalue weighted by molar-refractivity contribution is 0.139. The maximum absolute atomic E-state index is 12.6. The van der Waals surface area contributed by atoms with Crippen LogP contribution < -0.4 is 10.5 Å². The van der Waals surface area contributed by atoms with Crippen LogP contribution in [0.2, 0.25) is 0 Å². The second-order valence-corrected chi connectivity index (χ2v) is 8.16. The number of rotatable bonds is 1. The number of carboxylic acid groups (broad SMARTS) is 1. The lowest BCUT2D eigenvalue weighted by atomic mass is 9.95. The lowest BCUT2D eigenvalue weighted by Gasteiger charge is -2.44. The SMILES string of the molecule is Cc1c(N2C[C@@H](C)N(C)[C@@H](C)C2)ccc2c3c(c(=O)oc12)CN(C(=O)O)CC3. The highest BCUT2D eigenvalue weighted by atomic mass is 16.4. The molecule has 0 aliphatic carbocycles. The summed E-state index contributed by atoms with van der Waals surface area (Å²) in [6.07, 6.45) is -0.472.